The average molecular weight is 471 g/mol. The number of nitrogens with two attached hydrogens (primary N) is 1. The van der Waals surface area contributed by atoms with Crippen molar-refractivity contribution in [3.63, 3.8) is 0 Å². The normalized spacial score (nSPS) is 18.7. The zero-order valence-electron chi connectivity index (χ0n) is 18.7. The lowest BCUT2D eigenvalue weighted by Gasteiger charge is -2.25. The molecule has 0 bridgehead atoms. The molecule has 1 aromatic carbocycles. The Morgan fingerprint density at radius 1 is 1.06 bits per heavy atom. The van der Waals surface area contributed by atoms with Crippen LogP contribution in [0.5, 0.6) is 5.88 Å². The van der Waals surface area contributed by atoms with Gasteiger partial charge in [0.25, 0.3) is 5.91 Å². The fourth-order valence-electron chi connectivity index (χ4n) is 5.07. The number of pyridine rings is 1. The Hall–Kier alpha value is -2.65. The van der Waals surface area contributed by atoms with E-state index in [-0.39, 0.29) is 10.6 Å². The van der Waals surface area contributed by atoms with E-state index in [1.54, 1.807) is 28.6 Å². The molecule has 5 rings (SSSR count). The van der Waals surface area contributed by atoms with Crippen molar-refractivity contribution >= 4 is 37.7 Å². The van der Waals surface area contributed by atoms with Crippen molar-refractivity contribution in [3.8, 4) is 5.88 Å². The van der Waals surface area contributed by atoms with Crippen LogP contribution >= 0.6 is 0 Å². The van der Waals surface area contributed by atoms with E-state index in [0.29, 0.717) is 47.8 Å². The molecule has 2 fully saturated rings. The number of ether oxygens (including phenoxy) is 1. The topological polar surface area (TPSA) is 118 Å². The first-order valence-electron chi connectivity index (χ1n) is 11.8. The Morgan fingerprint density at radius 2 is 1.79 bits per heavy atom. The second kappa shape index (κ2) is 8.95. The van der Waals surface area contributed by atoms with Gasteiger partial charge < -0.3 is 15.5 Å². The first-order chi connectivity index (χ1) is 15.9. The molecule has 3 heterocycles. The second-order valence-electron chi connectivity index (χ2n) is 9.21. The average Bonchev–Trinajstić information content (AvgIpc) is 3.21. The van der Waals surface area contributed by atoms with Crippen LogP contribution in [0.3, 0.4) is 0 Å². The summed E-state index contributed by atoms with van der Waals surface area (Å²) in [5.41, 5.74) is 6.94. The van der Waals surface area contributed by atoms with Crippen LogP contribution < -0.4 is 10.5 Å². The molecule has 3 aromatic rings. The van der Waals surface area contributed by atoms with Crippen LogP contribution in [0, 0.1) is 5.92 Å². The number of benzene rings is 1. The van der Waals surface area contributed by atoms with Gasteiger partial charge in [0.2, 0.25) is 15.9 Å². The lowest BCUT2D eigenvalue weighted by Crippen LogP contribution is -2.35. The predicted octanol–water partition coefficient (Wildman–Crippen LogP) is 3.95. The monoisotopic (exact) mass is 470 g/mol. The molecule has 0 radical (unpaired) electrons. The Morgan fingerprint density at radius 3 is 2.52 bits per heavy atom. The summed E-state index contributed by atoms with van der Waals surface area (Å²) in [7, 11) is -3.58. The number of primary amides is 1. The van der Waals surface area contributed by atoms with Gasteiger partial charge in [0.05, 0.1) is 17.0 Å². The second-order valence-corrected chi connectivity index (χ2v) is 11.1. The lowest BCUT2D eigenvalue weighted by atomic mass is 9.90. The van der Waals surface area contributed by atoms with Gasteiger partial charge in [-0.05, 0) is 49.8 Å². The van der Waals surface area contributed by atoms with Crippen molar-refractivity contribution in [3.05, 3.63) is 30.0 Å². The van der Waals surface area contributed by atoms with Crippen LogP contribution in [0.25, 0.3) is 21.8 Å². The molecule has 176 valence electrons. The molecule has 2 aliphatic rings. The number of hydrogen-bond donors (Lipinski definition) is 2. The third-order valence-electron chi connectivity index (χ3n) is 6.91. The number of H-pyrrole nitrogens is 1. The Kier molecular flexibility index (Phi) is 6.01. The fourth-order valence-corrected chi connectivity index (χ4v) is 6.62. The third kappa shape index (κ3) is 4.31. The maximum Gasteiger partial charge on any atom is 0.269 e. The number of rotatable bonds is 6. The largest absolute Gasteiger partial charge is 0.477 e. The number of fused-ring (bicyclic) bond motifs is 3. The Bertz CT molecular complexity index is 1290. The number of nitrogens with zero attached hydrogens (tertiary/aromatic N) is 2. The summed E-state index contributed by atoms with van der Waals surface area (Å²) in [5.74, 6) is 0.167. The van der Waals surface area contributed by atoms with Gasteiger partial charge in [0.15, 0.2) is 5.69 Å². The number of amides is 1. The van der Waals surface area contributed by atoms with Crippen molar-refractivity contribution in [2.24, 2.45) is 11.7 Å². The van der Waals surface area contributed by atoms with E-state index in [1.165, 1.54) is 19.3 Å². The van der Waals surface area contributed by atoms with Gasteiger partial charge in [0, 0.05) is 35.4 Å². The molecule has 0 atom stereocenters. The Labute approximate surface area is 193 Å². The first-order valence-corrected chi connectivity index (χ1v) is 13.3. The van der Waals surface area contributed by atoms with Gasteiger partial charge in [-0.3, -0.25) is 4.79 Å². The summed E-state index contributed by atoms with van der Waals surface area (Å²) in [6.07, 6.45) is 8.78. The summed E-state index contributed by atoms with van der Waals surface area (Å²) in [6, 6.07) is 6.80. The number of carbonyl (C=O) groups is 1. The molecule has 9 heteroatoms. The lowest BCUT2D eigenvalue weighted by molar-refractivity contribution is 0.0995. The number of sulfonamides is 1. The van der Waals surface area contributed by atoms with E-state index in [4.69, 9.17) is 10.5 Å². The summed E-state index contributed by atoms with van der Waals surface area (Å²) >= 11 is 0. The molecule has 1 saturated heterocycles. The maximum absolute atomic E-state index is 13.2. The summed E-state index contributed by atoms with van der Waals surface area (Å²) in [5, 5.41) is 1.39. The van der Waals surface area contributed by atoms with Gasteiger partial charge in [-0.15, -0.1) is 0 Å². The SMILES string of the molecule is NC(=O)c1nc(OCC2CCCCC2)cc2c1[nH]c1ccc(S(=O)(=O)N3CCCCC3)cc12. The van der Waals surface area contributed by atoms with Gasteiger partial charge in [0.1, 0.15) is 0 Å². The molecular formula is C24H30N4O4S. The molecule has 3 N–H and O–H groups in total. The van der Waals surface area contributed by atoms with Crippen LogP contribution in [0.2, 0.25) is 0 Å². The molecule has 1 saturated carbocycles. The van der Waals surface area contributed by atoms with E-state index < -0.39 is 15.9 Å². The summed E-state index contributed by atoms with van der Waals surface area (Å²) in [6.45, 7) is 1.64. The number of piperidine rings is 1. The minimum absolute atomic E-state index is 0.0998. The van der Waals surface area contributed by atoms with Gasteiger partial charge in [-0.2, -0.15) is 4.31 Å². The highest BCUT2D eigenvalue weighted by Gasteiger charge is 2.27. The van der Waals surface area contributed by atoms with Gasteiger partial charge in [-0.1, -0.05) is 25.7 Å². The molecule has 2 aromatic heterocycles. The molecule has 1 amide bonds. The molecule has 33 heavy (non-hydrogen) atoms. The standard InChI is InChI=1S/C24H30N4O4S/c25-24(29)23-22-19(14-21(27-23)32-15-16-7-3-1-4-8-16)18-13-17(9-10-20(18)26-22)33(30,31)28-11-5-2-6-12-28/h9-10,13-14,16,26H,1-8,11-12,15H2,(H2,25,29). The van der Waals surface area contributed by atoms with E-state index in [9.17, 15) is 13.2 Å². The van der Waals surface area contributed by atoms with Crippen molar-refractivity contribution in [1.29, 1.82) is 0 Å². The number of aromatic nitrogens is 2. The highest BCUT2D eigenvalue weighted by molar-refractivity contribution is 7.89. The zero-order valence-corrected chi connectivity index (χ0v) is 19.5. The molecule has 8 nitrogen and oxygen atoms in total. The van der Waals surface area contributed by atoms with E-state index in [0.717, 1.165) is 37.6 Å². The van der Waals surface area contributed by atoms with Gasteiger partial charge in [-0.25, -0.2) is 13.4 Å². The highest BCUT2D eigenvalue weighted by Crippen LogP contribution is 2.33. The van der Waals surface area contributed by atoms with E-state index >= 15 is 0 Å². The van der Waals surface area contributed by atoms with E-state index in [1.807, 2.05) is 0 Å². The number of hydrogen-bond acceptors (Lipinski definition) is 5. The maximum atomic E-state index is 13.2. The van der Waals surface area contributed by atoms with Crippen LogP contribution in [-0.4, -0.2) is 48.3 Å². The zero-order chi connectivity index (χ0) is 23.0. The fraction of sp³-hybridized carbons (Fsp3) is 0.500. The minimum atomic E-state index is -3.58. The smallest absolute Gasteiger partial charge is 0.269 e. The van der Waals surface area contributed by atoms with Crippen molar-refractivity contribution in [1.82, 2.24) is 14.3 Å². The Balaban J connectivity index is 1.55. The first kappa shape index (κ1) is 22.2. The minimum Gasteiger partial charge on any atom is -0.477 e. The highest BCUT2D eigenvalue weighted by atomic mass is 32.2. The third-order valence-corrected chi connectivity index (χ3v) is 8.81. The van der Waals surface area contributed by atoms with Crippen LogP contribution in [0.15, 0.2) is 29.2 Å². The molecule has 0 spiro atoms. The van der Waals surface area contributed by atoms with Crippen molar-refractivity contribution in [2.75, 3.05) is 19.7 Å². The van der Waals surface area contributed by atoms with Crippen LogP contribution in [-0.2, 0) is 10.0 Å². The predicted molar refractivity (Wildman–Crippen MR) is 127 cm³/mol. The quantitative estimate of drug-likeness (QED) is 0.565. The van der Waals surface area contributed by atoms with Crippen LogP contribution in [0.4, 0.5) is 0 Å². The number of nitrogens with one attached hydrogen (secondary N) is 1. The van der Waals surface area contributed by atoms with Crippen molar-refractivity contribution in [2.45, 2.75) is 56.3 Å². The summed E-state index contributed by atoms with van der Waals surface area (Å²) in [4.78, 5) is 20.0. The molecular weight excluding hydrogens is 440 g/mol. The van der Waals surface area contributed by atoms with Crippen molar-refractivity contribution < 1.29 is 17.9 Å². The number of carbonyl (C=O) groups excluding carboxylic acids is 1. The van der Waals surface area contributed by atoms with Gasteiger partial charge >= 0.3 is 0 Å². The molecule has 0 unspecified atom stereocenters. The van der Waals surface area contributed by atoms with Crippen LogP contribution in [0.1, 0.15) is 61.9 Å². The summed E-state index contributed by atoms with van der Waals surface area (Å²) < 4.78 is 34.0. The molecule has 1 aliphatic heterocycles. The molecule has 1 aliphatic carbocycles. The van der Waals surface area contributed by atoms with E-state index in [2.05, 4.69) is 9.97 Å². The number of aromatic amines is 1.